The Kier molecular flexibility index (Phi) is 2.20. The van der Waals surface area contributed by atoms with E-state index in [9.17, 15) is 0 Å². The molecule has 0 saturated heterocycles. The van der Waals surface area contributed by atoms with E-state index in [1.54, 1.807) is 0 Å². The molecule has 1 unspecified atom stereocenters. The molecule has 1 heteroatoms. The highest BCUT2D eigenvalue weighted by Crippen LogP contribution is 2.50. The maximum Gasteiger partial charge on any atom is 0.0644 e. The van der Waals surface area contributed by atoms with Crippen LogP contribution in [0.4, 0.5) is 5.69 Å². The summed E-state index contributed by atoms with van der Waals surface area (Å²) in [5.74, 6) is 0. The first-order valence-electron chi connectivity index (χ1n) is 7.85. The lowest BCUT2D eigenvalue weighted by atomic mass is 9.77. The number of nitrogens with one attached hydrogen (secondary N) is 1. The fraction of sp³-hybridized carbons (Fsp3) is 0.143. The van der Waals surface area contributed by atoms with Gasteiger partial charge in [-0.15, -0.1) is 0 Å². The molecule has 3 aromatic carbocycles. The molecule has 22 heavy (non-hydrogen) atoms. The predicted molar refractivity (Wildman–Crippen MR) is 94.0 cm³/mol. The molecule has 0 saturated carbocycles. The number of hydrogen-bond acceptors (Lipinski definition) is 1. The molecule has 0 aromatic heterocycles. The van der Waals surface area contributed by atoms with Crippen LogP contribution in [0.15, 0.2) is 60.7 Å². The second-order valence-corrected chi connectivity index (χ2v) is 6.60. The van der Waals surface area contributed by atoms with E-state index in [-0.39, 0.29) is 5.54 Å². The minimum Gasteiger partial charge on any atom is -0.375 e. The van der Waals surface area contributed by atoms with Crippen molar-refractivity contribution in [2.24, 2.45) is 0 Å². The van der Waals surface area contributed by atoms with E-state index >= 15 is 0 Å². The highest BCUT2D eigenvalue weighted by atomic mass is 15.0. The summed E-state index contributed by atoms with van der Waals surface area (Å²) >= 11 is 0. The maximum atomic E-state index is 3.78. The predicted octanol–water partition coefficient (Wildman–Crippen LogP) is 5.12. The molecule has 3 aromatic rings. The fourth-order valence-corrected chi connectivity index (χ4v) is 4.05. The van der Waals surface area contributed by atoms with E-state index in [4.69, 9.17) is 0 Å². The van der Waals surface area contributed by atoms with E-state index < -0.39 is 0 Å². The molecule has 0 amide bonds. The molecular formula is C21H17N. The van der Waals surface area contributed by atoms with Crippen LogP contribution in [0.3, 0.4) is 0 Å². The Balaban J connectivity index is 1.85. The van der Waals surface area contributed by atoms with Gasteiger partial charge in [-0.2, -0.15) is 0 Å². The van der Waals surface area contributed by atoms with Crippen molar-refractivity contribution in [3.05, 3.63) is 77.4 Å². The molecule has 0 radical (unpaired) electrons. The Morgan fingerprint density at radius 3 is 2.68 bits per heavy atom. The lowest BCUT2D eigenvalue weighted by Crippen LogP contribution is -2.35. The number of rotatable bonds is 0. The molecule has 5 rings (SSSR count). The Hall–Kier alpha value is -2.54. The summed E-state index contributed by atoms with van der Waals surface area (Å²) in [6.45, 7) is 2.32. The standard InChI is InChI=1S/C21H17N/c1-21-13-16-8-3-2-7-15(16)12-18(21)20-17-9-5-4-6-14(17)10-11-19(20)22-21/h2-12,22H,13H2,1H3. The van der Waals surface area contributed by atoms with E-state index in [1.165, 1.54) is 38.7 Å². The highest BCUT2D eigenvalue weighted by Gasteiger charge is 2.40. The second kappa shape index (κ2) is 4.01. The Morgan fingerprint density at radius 1 is 0.909 bits per heavy atom. The van der Waals surface area contributed by atoms with Gasteiger partial charge >= 0.3 is 0 Å². The molecule has 1 aliphatic carbocycles. The number of hydrogen-bond donors (Lipinski definition) is 1. The summed E-state index contributed by atoms with van der Waals surface area (Å²) in [5.41, 5.74) is 6.87. The van der Waals surface area contributed by atoms with Gasteiger partial charge in [0.2, 0.25) is 0 Å². The summed E-state index contributed by atoms with van der Waals surface area (Å²) < 4.78 is 0. The van der Waals surface area contributed by atoms with Gasteiger partial charge in [0.25, 0.3) is 0 Å². The van der Waals surface area contributed by atoms with Crippen LogP contribution in [0.2, 0.25) is 0 Å². The van der Waals surface area contributed by atoms with Gasteiger partial charge in [-0.05, 0) is 53.0 Å². The molecule has 1 nitrogen and oxygen atoms in total. The van der Waals surface area contributed by atoms with Crippen LogP contribution in [-0.2, 0) is 6.42 Å². The monoisotopic (exact) mass is 283 g/mol. The van der Waals surface area contributed by atoms with Crippen LogP contribution < -0.4 is 5.32 Å². The van der Waals surface area contributed by atoms with Crippen LogP contribution in [0.5, 0.6) is 0 Å². The smallest absolute Gasteiger partial charge is 0.0644 e. The Labute approximate surface area is 130 Å². The third-order valence-corrected chi connectivity index (χ3v) is 5.10. The third-order valence-electron chi connectivity index (χ3n) is 5.10. The van der Waals surface area contributed by atoms with Gasteiger partial charge in [-0.25, -0.2) is 0 Å². The largest absolute Gasteiger partial charge is 0.375 e. The van der Waals surface area contributed by atoms with Crippen LogP contribution in [0.1, 0.15) is 23.6 Å². The highest BCUT2D eigenvalue weighted by molar-refractivity contribution is 6.09. The van der Waals surface area contributed by atoms with E-state index in [0.717, 1.165) is 6.42 Å². The summed E-state index contributed by atoms with van der Waals surface area (Å²) in [4.78, 5) is 0. The van der Waals surface area contributed by atoms with E-state index in [0.29, 0.717) is 0 Å². The zero-order chi connectivity index (χ0) is 14.7. The number of fused-ring (bicyclic) bond motifs is 6. The van der Waals surface area contributed by atoms with Gasteiger partial charge < -0.3 is 5.32 Å². The SMILES string of the molecule is CC12Cc3ccccc3C=C1c1c(ccc3ccccc13)N2. The average Bonchev–Trinajstić information content (AvgIpc) is 2.84. The van der Waals surface area contributed by atoms with Crippen molar-refractivity contribution in [3.8, 4) is 0 Å². The van der Waals surface area contributed by atoms with Crippen molar-refractivity contribution in [1.29, 1.82) is 0 Å². The zero-order valence-electron chi connectivity index (χ0n) is 12.6. The molecule has 2 aliphatic rings. The lowest BCUT2D eigenvalue weighted by molar-refractivity contribution is 0.662. The van der Waals surface area contributed by atoms with Crippen LogP contribution >= 0.6 is 0 Å². The first-order valence-corrected chi connectivity index (χ1v) is 7.85. The maximum absolute atomic E-state index is 3.78. The van der Waals surface area contributed by atoms with Crippen molar-refractivity contribution in [2.45, 2.75) is 18.9 Å². The number of anilines is 1. The van der Waals surface area contributed by atoms with Gasteiger partial charge in [0.1, 0.15) is 0 Å². The molecule has 0 spiro atoms. The average molecular weight is 283 g/mol. The van der Waals surface area contributed by atoms with Crippen molar-refractivity contribution in [1.82, 2.24) is 0 Å². The minimum atomic E-state index is 0.000805. The Morgan fingerprint density at radius 2 is 1.73 bits per heavy atom. The van der Waals surface area contributed by atoms with Gasteiger partial charge in [0.15, 0.2) is 0 Å². The van der Waals surface area contributed by atoms with Gasteiger partial charge in [0, 0.05) is 11.3 Å². The van der Waals surface area contributed by atoms with Gasteiger partial charge in [0.05, 0.1) is 5.54 Å². The summed E-state index contributed by atoms with van der Waals surface area (Å²) in [7, 11) is 0. The molecule has 106 valence electrons. The summed E-state index contributed by atoms with van der Waals surface area (Å²) in [5, 5.41) is 6.44. The normalized spacial score (nSPS) is 21.6. The van der Waals surface area contributed by atoms with Gasteiger partial charge in [-0.1, -0.05) is 54.6 Å². The molecular weight excluding hydrogens is 266 g/mol. The quantitative estimate of drug-likeness (QED) is 0.603. The first kappa shape index (κ1) is 12.0. The minimum absolute atomic E-state index is 0.000805. The first-order chi connectivity index (χ1) is 10.7. The second-order valence-electron chi connectivity index (χ2n) is 6.60. The van der Waals surface area contributed by atoms with Crippen molar-refractivity contribution in [3.63, 3.8) is 0 Å². The summed E-state index contributed by atoms with van der Waals surface area (Å²) in [6, 6.07) is 21.9. The fourth-order valence-electron chi connectivity index (χ4n) is 4.05. The van der Waals surface area contributed by atoms with Crippen molar-refractivity contribution < 1.29 is 0 Å². The molecule has 1 atom stereocenters. The third kappa shape index (κ3) is 1.48. The lowest BCUT2D eigenvalue weighted by Gasteiger charge is -2.32. The van der Waals surface area contributed by atoms with Crippen LogP contribution in [0.25, 0.3) is 22.4 Å². The number of benzene rings is 3. The Bertz CT molecular complexity index is 951. The van der Waals surface area contributed by atoms with E-state index in [1.807, 2.05) is 0 Å². The molecule has 1 aliphatic heterocycles. The zero-order valence-corrected chi connectivity index (χ0v) is 12.6. The van der Waals surface area contributed by atoms with Crippen LogP contribution in [0, 0.1) is 0 Å². The van der Waals surface area contributed by atoms with Crippen LogP contribution in [-0.4, -0.2) is 5.54 Å². The van der Waals surface area contributed by atoms with Crippen molar-refractivity contribution in [2.75, 3.05) is 5.32 Å². The van der Waals surface area contributed by atoms with E-state index in [2.05, 4.69) is 79.0 Å². The van der Waals surface area contributed by atoms with Crippen molar-refractivity contribution >= 4 is 28.1 Å². The summed E-state index contributed by atoms with van der Waals surface area (Å²) in [6.07, 6.45) is 3.42. The molecule has 1 heterocycles. The molecule has 0 bridgehead atoms. The molecule has 0 fully saturated rings. The molecule has 1 N–H and O–H groups in total. The topological polar surface area (TPSA) is 12.0 Å². The van der Waals surface area contributed by atoms with Gasteiger partial charge in [-0.3, -0.25) is 0 Å².